The fraction of sp³-hybridized carbons (Fsp3) is 0.471. The number of rotatable bonds is 6. The largest absolute Gasteiger partial charge is 0.481 e. The van der Waals surface area contributed by atoms with Gasteiger partial charge >= 0.3 is 12.0 Å². The molecule has 0 spiro atoms. The van der Waals surface area contributed by atoms with Gasteiger partial charge in [0.1, 0.15) is 11.9 Å². The maximum Gasteiger partial charge on any atom is 0.315 e. The second-order valence-corrected chi connectivity index (χ2v) is 6.00. The Morgan fingerprint density at radius 2 is 2.04 bits per heavy atom. The molecule has 7 nitrogen and oxygen atoms in total. The molecule has 0 radical (unpaired) electrons. The maximum absolute atomic E-state index is 13.1. The number of nitrogens with zero attached hydrogens (tertiary/aromatic N) is 1. The Bertz CT molecular complexity index is 635. The number of aliphatic carboxylic acids is 1. The highest BCUT2D eigenvalue weighted by Crippen LogP contribution is 2.25. The number of hydrogen-bond acceptors (Lipinski definition) is 3. The summed E-state index contributed by atoms with van der Waals surface area (Å²) in [6.07, 6.45) is 1.08. The van der Waals surface area contributed by atoms with Crippen LogP contribution in [0.1, 0.15) is 37.8 Å². The van der Waals surface area contributed by atoms with Crippen LogP contribution in [-0.4, -0.2) is 47.0 Å². The van der Waals surface area contributed by atoms with Crippen molar-refractivity contribution in [1.82, 2.24) is 15.5 Å². The highest BCUT2D eigenvalue weighted by Gasteiger charge is 2.32. The number of carbonyl (C=O) groups excluding carboxylic acids is 2. The number of nitrogens with one attached hydrogen (secondary N) is 2. The predicted octanol–water partition coefficient (Wildman–Crippen LogP) is 1.65. The van der Waals surface area contributed by atoms with Crippen molar-refractivity contribution in [3.8, 4) is 0 Å². The lowest BCUT2D eigenvalue weighted by molar-refractivity contribution is -0.138. The summed E-state index contributed by atoms with van der Waals surface area (Å²) in [5, 5.41) is 13.6. The number of carboxylic acids is 1. The summed E-state index contributed by atoms with van der Waals surface area (Å²) in [7, 11) is 0. The number of piperidine rings is 1. The Labute approximate surface area is 145 Å². The van der Waals surface area contributed by atoms with Crippen molar-refractivity contribution < 1.29 is 23.9 Å². The molecule has 1 heterocycles. The lowest BCUT2D eigenvalue weighted by Crippen LogP contribution is -2.54. The smallest absolute Gasteiger partial charge is 0.315 e. The molecule has 3 N–H and O–H groups in total. The van der Waals surface area contributed by atoms with Gasteiger partial charge in [0.15, 0.2) is 0 Å². The van der Waals surface area contributed by atoms with Crippen LogP contribution in [0.3, 0.4) is 0 Å². The zero-order chi connectivity index (χ0) is 18.4. The molecule has 0 saturated carbocycles. The Balaban J connectivity index is 1.94. The SMILES string of the molecule is CC(c1ccc(F)cc1)N1CCCC(NC(=O)NCCC(=O)O)C1=O. The molecule has 0 aromatic heterocycles. The van der Waals surface area contributed by atoms with Crippen LogP contribution in [0.2, 0.25) is 0 Å². The van der Waals surface area contributed by atoms with Gasteiger partial charge in [-0.2, -0.15) is 0 Å². The van der Waals surface area contributed by atoms with Crippen LogP contribution >= 0.6 is 0 Å². The molecule has 1 fully saturated rings. The van der Waals surface area contributed by atoms with Crippen molar-refractivity contribution in [2.75, 3.05) is 13.1 Å². The molecule has 0 bridgehead atoms. The molecule has 1 aromatic rings. The number of carbonyl (C=O) groups is 3. The van der Waals surface area contributed by atoms with Crippen molar-refractivity contribution >= 4 is 17.9 Å². The lowest BCUT2D eigenvalue weighted by atomic mass is 9.99. The summed E-state index contributed by atoms with van der Waals surface area (Å²) >= 11 is 0. The first-order valence-corrected chi connectivity index (χ1v) is 8.20. The highest BCUT2D eigenvalue weighted by molar-refractivity contribution is 5.88. The van der Waals surface area contributed by atoms with Crippen LogP contribution in [-0.2, 0) is 9.59 Å². The first-order chi connectivity index (χ1) is 11.9. The van der Waals surface area contributed by atoms with E-state index in [9.17, 15) is 18.8 Å². The summed E-state index contributed by atoms with van der Waals surface area (Å²) in [6.45, 7) is 2.43. The third-order valence-corrected chi connectivity index (χ3v) is 4.22. The number of carboxylic acid groups (broad SMARTS) is 1. The fourth-order valence-electron chi connectivity index (χ4n) is 2.83. The van der Waals surface area contributed by atoms with E-state index in [1.165, 1.54) is 12.1 Å². The van der Waals surface area contributed by atoms with E-state index in [2.05, 4.69) is 10.6 Å². The second kappa shape index (κ2) is 8.46. The minimum atomic E-state index is -1.01. The summed E-state index contributed by atoms with van der Waals surface area (Å²) in [6, 6.07) is 4.55. The molecule has 2 rings (SSSR count). The third kappa shape index (κ3) is 5.17. The maximum atomic E-state index is 13.1. The van der Waals surface area contributed by atoms with Gasteiger partial charge in [0.25, 0.3) is 0 Å². The first-order valence-electron chi connectivity index (χ1n) is 8.20. The van der Waals surface area contributed by atoms with Gasteiger partial charge in [-0.15, -0.1) is 0 Å². The summed E-state index contributed by atoms with van der Waals surface area (Å²) in [4.78, 5) is 36.5. The van der Waals surface area contributed by atoms with E-state index in [-0.39, 0.29) is 30.7 Å². The van der Waals surface area contributed by atoms with Gasteiger partial charge in [-0.1, -0.05) is 12.1 Å². The molecule has 2 unspecified atom stereocenters. The summed E-state index contributed by atoms with van der Waals surface area (Å²) in [5.74, 6) is -1.54. The van der Waals surface area contributed by atoms with Crippen molar-refractivity contribution in [3.63, 3.8) is 0 Å². The molecular formula is C17H22FN3O4. The number of halogens is 1. The molecule has 0 aliphatic carbocycles. The minimum Gasteiger partial charge on any atom is -0.481 e. The molecule has 1 saturated heterocycles. The molecule has 1 aromatic carbocycles. The second-order valence-electron chi connectivity index (χ2n) is 6.00. The van der Waals surface area contributed by atoms with E-state index in [1.54, 1.807) is 17.0 Å². The Morgan fingerprint density at radius 1 is 1.36 bits per heavy atom. The third-order valence-electron chi connectivity index (χ3n) is 4.22. The van der Waals surface area contributed by atoms with Crippen molar-refractivity contribution in [1.29, 1.82) is 0 Å². The molecule has 8 heteroatoms. The van der Waals surface area contributed by atoms with E-state index in [0.717, 1.165) is 12.0 Å². The number of likely N-dealkylation sites (tertiary alicyclic amines) is 1. The number of benzene rings is 1. The average molecular weight is 351 g/mol. The van der Waals surface area contributed by atoms with Gasteiger partial charge in [0.2, 0.25) is 5.91 Å². The van der Waals surface area contributed by atoms with Gasteiger partial charge < -0.3 is 20.6 Å². The van der Waals surface area contributed by atoms with Crippen LogP contribution < -0.4 is 10.6 Å². The average Bonchev–Trinajstić information content (AvgIpc) is 2.56. The Hall–Kier alpha value is -2.64. The van der Waals surface area contributed by atoms with Crippen LogP contribution in [0, 0.1) is 5.82 Å². The van der Waals surface area contributed by atoms with Crippen molar-refractivity contribution in [3.05, 3.63) is 35.6 Å². The molecule has 136 valence electrons. The van der Waals surface area contributed by atoms with Crippen molar-refractivity contribution in [2.24, 2.45) is 0 Å². The van der Waals surface area contributed by atoms with Gasteiger partial charge in [0.05, 0.1) is 12.5 Å². The van der Waals surface area contributed by atoms with E-state index in [0.29, 0.717) is 13.0 Å². The Morgan fingerprint density at radius 3 is 2.68 bits per heavy atom. The van der Waals surface area contributed by atoms with Gasteiger partial charge in [-0.3, -0.25) is 9.59 Å². The molecule has 25 heavy (non-hydrogen) atoms. The quantitative estimate of drug-likeness (QED) is 0.726. The molecular weight excluding hydrogens is 329 g/mol. The number of hydrogen-bond donors (Lipinski definition) is 3. The van der Waals surface area contributed by atoms with Crippen LogP contribution in [0.4, 0.5) is 9.18 Å². The van der Waals surface area contributed by atoms with Gasteiger partial charge in [-0.05, 0) is 37.5 Å². The van der Waals surface area contributed by atoms with E-state index in [4.69, 9.17) is 5.11 Å². The lowest BCUT2D eigenvalue weighted by Gasteiger charge is -2.37. The Kier molecular flexibility index (Phi) is 6.32. The van der Waals surface area contributed by atoms with E-state index >= 15 is 0 Å². The number of amides is 3. The molecule has 3 amide bonds. The van der Waals surface area contributed by atoms with Crippen LogP contribution in [0.15, 0.2) is 24.3 Å². The zero-order valence-electron chi connectivity index (χ0n) is 14.0. The highest BCUT2D eigenvalue weighted by atomic mass is 19.1. The topological polar surface area (TPSA) is 98.7 Å². The zero-order valence-corrected chi connectivity index (χ0v) is 14.0. The van der Waals surface area contributed by atoms with E-state index < -0.39 is 18.0 Å². The van der Waals surface area contributed by atoms with E-state index in [1.807, 2.05) is 6.92 Å². The molecule has 1 aliphatic rings. The molecule has 2 atom stereocenters. The summed E-state index contributed by atoms with van der Waals surface area (Å²) in [5.41, 5.74) is 0.821. The van der Waals surface area contributed by atoms with Crippen LogP contribution in [0.25, 0.3) is 0 Å². The molecule has 1 aliphatic heterocycles. The summed E-state index contributed by atoms with van der Waals surface area (Å²) < 4.78 is 13.1. The normalized spacial score (nSPS) is 18.6. The fourth-order valence-corrected chi connectivity index (χ4v) is 2.83. The van der Waals surface area contributed by atoms with Crippen LogP contribution in [0.5, 0.6) is 0 Å². The first kappa shape index (κ1) is 18.7. The van der Waals surface area contributed by atoms with Crippen molar-refractivity contribution in [2.45, 2.75) is 38.3 Å². The predicted molar refractivity (Wildman–Crippen MR) is 88.3 cm³/mol. The standard InChI is InChI=1S/C17H22FN3O4/c1-11(12-4-6-13(18)7-5-12)21-10-2-3-14(16(21)24)20-17(25)19-9-8-15(22)23/h4-7,11,14H,2-3,8-10H2,1H3,(H,22,23)(H2,19,20,25). The monoisotopic (exact) mass is 351 g/mol. The number of urea groups is 1. The van der Waals surface area contributed by atoms with Gasteiger partial charge in [-0.25, -0.2) is 9.18 Å². The minimum absolute atomic E-state index is 0.00221. The van der Waals surface area contributed by atoms with Gasteiger partial charge in [0, 0.05) is 13.1 Å².